The lowest BCUT2D eigenvalue weighted by atomic mass is 10.1. The maximum Gasteiger partial charge on any atom is 0.148 e. The molecule has 0 bridgehead atoms. The molecule has 1 aromatic rings. The summed E-state index contributed by atoms with van der Waals surface area (Å²) in [7, 11) is 0. The smallest absolute Gasteiger partial charge is 0.148 e. The quantitative estimate of drug-likeness (QED) is 0.866. The van der Waals surface area contributed by atoms with Crippen molar-refractivity contribution in [2.45, 2.75) is 39.2 Å². The first kappa shape index (κ1) is 12.3. The predicted octanol–water partition coefficient (Wildman–Crippen LogP) is 2.07. The summed E-state index contributed by atoms with van der Waals surface area (Å²) < 4.78 is 0. The highest BCUT2D eigenvalue weighted by Crippen LogP contribution is 2.12. The van der Waals surface area contributed by atoms with Gasteiger partial charge in [-0.25, -0.2) is 0 Å². The molecule has 1 fully saturated rings. The number of hydrogen-bond acceptors (Lipinski definition) is 4. The third-order valence-electron chi connectivity index (χ3n) is 3.38. The average Bonchev–Trinajstić information content (AvgIpc) is 2.37. The van der Waals surface area contributed by atoms with Crippen molar-refractivity contribution in [2.24, 2.45) is 0 Å². The molecule has 94 valence electrons. The fraction of sp³-hybridized carbons (Fsp3) is 0.692. The zero-order valence-electron chi connectivity index (χ0n) is 10.8. The SMILES string of the molecule is Cc1cnnc(NCC(C)N2CCCCC2)c1. The van der Waals surface area contributed by atoms with Crippen LogP contribution in [-0.2, 0) is 0 Å². The van der Waals surface area contributed by atoms with Crippen LogP contribution in [0.2, 0.25) is 0 Å². The molecule has 1 aliphatic heterocycles. The Morgan fingerprint density at radius 2 is 2.12 bits per heavy atom. The molecule has 1 aliphatic rings. The van der Waals surface area contributed by atoms with Crippen molar-refractivity contribution < 1.29 is 0 Å². The maximum absolute atomic E-state index is 4.08. The second kappa shape index (κ2) is 5.96. The monoisotopic (exact) mass is 234 g/mol. The Morgan fingerprint density at radius 1 is 1.35 bits per heavy atom. The molecule has 2 heterocycles. The van der Waals surface area contributed by atoms with E-state index in [-0.39, 0.29) is 0 Å². The van der Waals surface area contributed by atoms with Gasteiger partial charge in [0.05, 0.1) is 6.20 Å². The normalized spacial score (nSPS) is 18.9. The molecular weight excluding hydrogens is 212 g/mol. The summed E-state index contributed by atoms with van der Waals surface area (Å²) >= 11 is 0. The van der Waals surface area contributed by atoms with Crippen LogP contribution in [0.3, 0.4) is 0 Å². The Bertz CT molecular complexity index is 347. The molecule has 2 rings (SSSR count). The van der Waals surface area contributed by atoms with E-state index >= 15 is 0 Å². The number of anilines is 1. The van der Waals surface area contributed by atoms with Gasteiger partial charge in [-0.05, 0) is 51.4 Å². The van der Waals surface area contributed by atoms with Gasteiger partial charge in [-0.1, -0.05) is 6.42 Å². The number of nitrogens with one attached hydrogen (secondary N) is 1. The largest absolute Gasteiger partial charge is 0.367 e. The number of likely N-dealkylation sites (tertiary alicyclic amines) is 1. The van der Waals surface area contributed by atoms with E-state index in [9.17, 15) is 0 Å². The van der Waals surface area contributed by atoms with E-state index in [1.165, 1.54) is 32.4 Å². The van der Waals surface area contributed by atoms with Crippen LogP contribution in [0.25, 0.3) is 0 Å². The van der Waals surface area contributed by atoms with E-state index in [1.54, 1.807) is 6.20 Å². The van der Waals surface area contributed by atoms with Crippen LogP contribution in [0.15, 0.2) is 12.3 Å². The highest BCUT2D eigenvalue weighted by atomic mass is 15.2. The average molecular weight is 234 g/mol. The van der Waals surface area contributed by atoms with E-state index in [0.717, 1.165) is 17.9 Å². The summed E-state index contributed by atoms with van der Waals surface area (Å²) in [6.45, 7) is 7.73. The van der Waals surface area contributed by atoms with Crippen molar-refractivity contribution in [3.63, 3.8) is 0 Å². The van der Waals surface area contributed by atoms with Crippen molar-refractivity contribution in [1.82, 2.24) is 15.1 Å². The second-order valence-electron chi connectivity index (χ2n) is 4.94. The van der Waals surface area contributed by atoms with Gasteiger partial charge in [0.2, 0.25) is 0 Å². The highest BCUT2D eigenvalue weighted by Gasteiger charge is 2.16. The Labute approximate surface area is 103 Å². The second-order valence-corrected chi connectivity index (χ2v) is 4.94. The van der Waals surface area contributed by atoms with Gasteiger partial charge < -0.3 is 5.32 Å². The summed E-state index contributed by atoms with van der Waals surface area (Å²) in [6, 6.07) is 2.60. The van der Waals surface area contributed by atoms with Crippen molar-refractivity contribution in [1.29, 1.82) is 0 Å². The maximum atomic E-state index is 4.08. The molecule has 1 N–H and O–H groups in total. The van der Waals surface area contributed by atoms with Crippen molar-refractivity contribution >= 4 is 5.82 Å². The Kier molecular flexibility index (Phi) is 4.31. The Hall–Kier alpha value is -1.16. The minimum absolute atomic E-state index is 0.567. The summed E-state index contributed by atoms with van der Waals surface area (Å²) in [5, 5.41) is 11.4. The zero-order valence-corrected chi connectivity index (χ0v) is 10.8. The first-order valence-corrected chi connectivity index (χ1v) is 6.53. The van der Waals surface area contributed by atoms with Crippen molar-refractivity contribution in [3.8, 4) is 0 Å². The molecule has 0 aliphatic carbocycles. The van der Waals surface area contributed by atoms with Gasteiger partial charge in [0, 0.05) is 12.6 Å². The van der Waals surface area contributed by atoms with Gasteiger partial charge in [0.1, 0.15) is 5.82 Å². The van der Waals surface area contributed by atoms with Gasteiger partial charge in [-0.3, -0.25) is 4.90 Å². The number of hydrogen-bond donors (Lipinski definition) is 1. The first-order chi connectivity index (χ1) is 8.25. The molecule has 4 heteroatoms. The first-order valence-electron chi connectivity index (χ1n) is 6.53. The summed E-state index contributed by atoms with van der Waals surface area (Å²) in [5.41, 5.74) is 1.15. The van der Waals surface area contributed by atoms with Gasteiger partial charge in [-0.15, -0.1) is 5.10 Å². The minimum Gasteiger partial charge on any atom is -0.367 e. The molecule has 1 aromatic heterocycles. The van der Waals surface area contributed by atoms with Crippen LogP contribution in [0.4, 0.5) is 5.82 Å². The molecule has 0 amide bonds. The molecule has 0 aromatic carbocycles. The summed E-state index contributed by atoms with van der Waals surface area (Å²) in [5.74, 6) is 0.883. The van der Waals surface area contributed by atoms with Crippen LogP contribution in [0, 0.1) is 6.92 Å². The van der Waals surface area contributed by atoms with Gasteiger partial charge in [0.15, 0.2) is 0 Å². The van der Waals surface area contributed by atoms with Crippen molar-refractivity contribution in [3.05, 3.63) is 17.8 Å². The van der Waals surface area contributed by atoms with E-state index in [4.69, 9.17) is 0 Å². The third-order valence-corrected chi connectivity index (χ3v) is 3.38. The van der Waals surface area contributed by atoms with Gasteiger partial charge >= 0.3 is 0 Å². The Balaban J connectivity index is 1.80. The third kappa shape index (κ3) is 3.66. The predicted molar refractivity (Wildman–Crippen MR) is 70.1 cm³/mol. The van der Waals surface area contributed by atoms with E-state index in [0.29, 0.717) is 6.04 Å². The fourth-order valence-corrected chi connectivity index (χ4v) is 2.29. The van der Waals surface area contributed by atoms with E-state index in [1.807, 2.05) is 13.0 Å². The molecule has 1 unspecified atom stereocenters. The van der Waals surface area contributed by atoms with Crippen LogP contribution in [0.5, 0.6) is 0 Å². The van der Waals surface area contributed by atoms with E-state index < -0.39 is 0 Å². The number of rotatable bonds is 4. The summed E-state index contributed by atoms with van der Waals surface area (Å²) in [4.78, 5) is 2.56. The van der Waals surface area contributed by atoms with E-state index in [2.05, 4.69) is 27.3 Å². The standard InChI is InChI=1S/C13H22N4/c1-11-8-13(16-15-9-11)14-10-12(2)17-6-4-3-5-7-17/h8-9,12H,3-7,10H2,1-2H3,(H,14,16). The molecule has 1 saturated heterocycles. The van der Waals surface area contributed by atoms with Crippen LogP contribution < -0.4 is 5.32 Å². The lowest BCUT2D eigenvalue weighted by Crippen LogP contribution is -2.41. The topological polar surface area (TPSA) is 41.1 Å². The molecule has 0 radical (unpaired) electrons. The van der Waals surface area contributed by atoms with Crippen LogP contribution in [-0.4, -0.2) is 40.8 Å². The number of nitrogens with zero attached hydrogens (tertiary/aromatic N) is 3. The van der Waals surface area contributed by atoms with Gasteiger partial charge in [0.25, 0.3) is 0 Å². The lowest BCUT2D eigenvalue weighted by Gasteiger charge is -2.32. The summed E-state index contributed by atoms with van der Waals surface area (Å²) in [6.07, 6.45) is 5.85. The van der Waals surface area contributed by atoms with Gasteiger partial charge in [-0.2, -0.15) is 5.10 Å². The minimum atomic E-state index is 0.567. The fourth-order valence-electron chi connectivity index (χ4n) is 2.29. The molecule has 4 nitrogen and oxygen atoms in total. The zero-order chi connectivity index (χ0) is 12.1. The number of piperidine rings is 1. The Morgan fingerprint density at radius 3 is 2.82 bits per heavy atom. The number of aromatic nitrogens is 2. The molecule has 0 spiro atoms. The van der Waals surface area contributed by atoms with Crippen LogP contribution >= 0.6 is 0 Å². The number of aryl methyl sites for hydroxylation is 1. The van der Waals surface area contributed by atoms with Crippen molar-refractivity contribution in [2.75, 3.05) is 25.0 Å². The lowest BCUT2D eigenvalue weighted by molar-refractivity contribution is 0.180. The highest BCUT2D eigenvalue weighted by molar-refractivity contribution is 5.35. The van der Waals surface area contributed by atoms with Crippen LogP contribution in [0.1, 0.15) is 31.7 Å². The molecule has 0 saturated carbocycles. The molecule has 1 atom stereocenters. The molecule has 17 heavy (non-hydrogen) atoms. The molecular formula is C13H22N4.